The van der Waals surface area contributed by atoms with Gasteiger partial charge in [-0.1, -0.05) is 26.0 Å². The van der Waals surface area contributed by atoms with Crippen molar-refractivity contribution in [2.24, 2.45) is 5.92 Å². The molecule has 0 aromatic heterocycles. The molecule has 116 valence electrons. The Morgan fingerprint density at radius 1 is 1.33 bits per heavy atom. The minimum absolute atomic E-state index is 0.0270. The fraction of sp³-hybridized carbons (Fsp3) is 0.588. The highest BCUT2D eigenvalue weighted by Crippen LogP contribution is 2.19. The summed E-state index contributed by atoms with van der Waals surface area (Å²) in [5, 5.41) is 6.36. The number of benzene rings is 1. The van der Waals surface area contributed by atoms with Crippen LogP contribution in [0, 0.1) is 5.92 Å². The summed E-state index contributed by atoms with van der Waals surface area (Å²) >= 11 is 0. The van der Waals surface area contributed by atoms with E-state index in [9.17, 15) is 4.79 Å². The molecule has 1 aromatic carbocycles. The van der Waals surface area contributed by atoms with Gasteiger partial charge in [0, 0.05) is 12.6 Å². The van der Waals surface area contributed by atoms with Crippen LogP contribution in [0.5, 0.6) is 5.75 Å². The van der Waals surface area contributed by atoms with Crippen molar-refractivity contribution in [1.29, 1.82) is 0 Å². The molecule has 0 spiro atoms. The first kappa shape index (κ1) is 15.8. The summed E-state index contributed by atoms with van der Waals surface area (Å²) < 4.78 is 5.73. The lowest BCUT2D eigenvalue weighted by molar-refractivity contribution is -0.127. The van der Waals surface area contributed by atoms with Gasteiger partial charge in [0.15, 0.2) is 6.10 Å². The van der Waals surface area contributed by atoms with Crippen LogP contribution < -0.4 is 15.4 Å². The van der Waals surface area contributed by atoms with Crippen molar-refractivity contribution in [3.05, 3.63) is 29.8 Å². The summed E-state index contributed by atoms with van der Waals surface area (Å²) in [6.45, 7) is 7.98. The van der Waals surface area contributed by atoms with E-state index < -0.39 is 6.10 Å². The van der Waals surface area contributed by atoms with Gasteiger partial charge in [0.2, 0.25) is 0 Å². The van der Waals surface area contributed by atoms with Crippen LogP contribution in [0.15, 0.2) is 24.3 Å². The van der Waals surface area contributed by atoms with E-state index in [0.717, 1.165) is 31.7 Å². The summed E-state index contributed by atoms with van der Waals surface area (Å²) in [7, 11) is 0. The summed E-state index contributed by atoms with van der Waals surface area (Å²) in [6, 6.07) is 8.29. The molecular formula is C17H26N2O2. The predicted octanol–water partition coefficient (Wildman–Crippen LogP) is 2.48. The van der Waals surface area contributed by atoms with Crippen molar-refractivity contribution in [2.75, 3.05) is 6.54 Å². The molecule has 1 saturated carbocycles. The number of carbonyl (C=O) groups excluding carboxylic acids is 1. The van der Waals surface area contributed by atoms with Gasteiger partial charge in [0.25, 0.3) is 5.91 Å². The Bertz CT molecular complexity index is 470. The Morgan fingerprint density at radius 2 is 2.10 bits per heavy atom. The molecule has 0 bridgehead atoms. The molecule has 1 amide bonds. The van der Waals surface area contributed by atoms with Crippen molar-refractivity contribution >= 4 is 5.91 Å². The van der Waals surface area contributed by atoms with E-state index in [1.54, 1.807) is 6.92 Å². The molecule has 2 rings (SSSR count). The van der Waals surface area contributed by atoms with E-state index in [2.05, 4.69) is 30.5 Å². The van der Waals surface area contributed by atoms with Crippen molar-refractivity contribution in [1.82, 2.24) is 10.6 Å². The lowest BCUT2D eigenvalue weighted by Gasteiger charge is -2.15. The number of carbonyl (C=O) groups is 1. The fourth-order valence-electron chi connectivity index (χ4n) is 2.04. The molecule has 1 unspecified atom stereocenters. The van der Waals surface area contributed by atoms with E-state index in [4.69, 9.17) is 4.74 Å². The molecule has 2 N–H and O–H groups in total. The first-order chi connectivity index (χ1) is 10.0. The Morgan fingerprint density at radius 3 is 2.76 bits per heavy atom. The largest absolute Gasteiger partial charge is 0.481 e. The second-order valence-electron chi connectivity index (χ2n) is 6.22. The molecule has 0 heterocycles. The van der Waals surface area contributed by atoms with Crippen LogP contribution in [0.3, 0.4) is 0 Å². The molecule has 1 atom stereocenters. The molecule has 1 aliphatic carbocycles. The Hall–Kier alpha value is -1.55. The van der Waals surface area contributed by atoms with Crippen molar-refractivity contribution in [2.45, 2.75) is 52.3 Å². The number of ether oxygens (including phenoxy) is 1. The molecule has 1 aliphatic rings. The van der Waals surface area contributed by atoms with E-state index >= 15 is 0 Å². The van der Waals surface area contributed by atoms with Gasteiger partial charge in [0.05, 0.1) is 0 Å². The van der Waals surface area contributed by atoms with Crippen LogP contribution in [0.2, 0.25) is 0 Å². The number of amides is 1. The van der Waals surface area contributed by atoms with Gasteiger partial charge in [-0.15, -0.1) is 0 Å². The molecule has 0 radical (unpaired) electrons. The number of nitrogens with one attached hydrogen (secondary N) is 2. The molecule has 0 aliphatic heterocycles. The van der Waals surface area contributed by atoms with E-state index in [-0.39, 0.29) is 5.91 Å². The normalized spacial score (nSPS) is 15.8. The van der Waals surface area contributed by atoms with Crippen LogP contribution >= 0.6 is 0 Å². The highest BCUT2D eigenvalue weighted by Gasteiger charge is 2.26. The maximum absolute atomic E-state index is 11.9. The monoisotopic (exact) mass is 290 g/mol. The van der Waals surface area contributed by atoms with Crippen molar-refractivity contribution in [3.63, 3.8) is 0 Å². The molecule has 21 heavy (non-hydrogen) atoms. The fourth-order valence-corrected chi connectivity index (χ4v) is 2.04. The van der Waals surface area contributed by atoms with Gasteiger partial charge < -0.3 is 15.4 Å². The summed E-state index contributed by atoms with van der Waals surface area (Å²) in [5.41, 5.74) is 1.17. The second-order valence-corrected chi connectivity index (χ2v) is 6.22. The SMILES string of the molecule is CC(C)CNCc1cccc(OC(C)C(=O)NC2CC2)c1. The van der Waals surface area contributed by atoms with Crippen molar-refractivity contribution in [3.8, 4) is 5.75 Å². The minimum atomic E-state index is -0.454. The molecule has 4 nitrogen and oxygen atoms in total. The second kappa shape index (κ2) is 7.46. The van der Waals surface area contributed by atoms with Gasteiger partial charge in [0.1, 0.15) is 5.75 Å². The van der Waals surface area contributed by atoms with Gasteiger partial charge in [-0.05, 0) is 49.9 Å². The maximum Gasteiger partial charge on any atom is 0.260 e. The van der Waals surface area contributed by atoms with E-state index in [1.807, 2.05) is 18.2 Å². The van der Waals surface area contributed by atoms with Crippen molar-refractivity contribution < 1.29 is 9.53 Å². The number of hydrogen-bond acceptors (Lipinski definition) is 3. The lowest BCUT2D eigenvalue weighted by atomic mass is 10.2. The van der Waals surface area contributed by atoms with Crippen LogP contribution in [0.25, 0.3) is 0 Å². The van der Waals surface area contributed by atoms with Gasteiger partial charge >= 0.3 is 0 Å². The number of rotatable bonds is 8. The average Bonchev–Trinajstić information content (AvgIpc) is 3.22. The molecule has 1 aromatic rings. The Balaban J connectivity index is 1.83. The summed E-state index contributed by atoms with van der Waals surface area (Å²) in [4.78, 5) is 11.9. The quantitative estimate of drug-likeness (QED) is 0.773. The minimum Gasteiger partial charge on any atom is -0.481 e. The first-order valence-corrected chi connectivity index (χ1v) is 7.81. The van der Waals surface area contributed by atoms with Crippen LogP contribution in [-0.4, -0.2) is 24.6 Å². The van der Waals surface area contributed by atoms with Gasteiger partial charge in [-0.25, -0.2) is 0 Å². The zero-order valence-corrected chi connectivity index (χ0v) is 13.2. The van der Waals surface area contributed by atoms with Crippen LogP contribution in [-0.2, 0) is 11.3 Å². The topological polar surface area (TPSA) is 50.4 Å². The molecule has 1 fully saturated rings. The third kappa shape index (κ3) is 5.76. The summed E-state index contributed by atoms with van der Waals surface area (Å²) in [5.74, 6) is 1.36. The van der Waals surface area contributed by atoms with Crippen LogP contribution in [0.4, 0.5) is 0 Å². The first-order valence-electron chi connectivity index (χ1n) is 7.81. The maximum atomic E-state index is 11.9. The Labute approximate surface area is 127 Å². The van der Waals surface area contributed by atoms with E-state index in [0.29, 0.717) is 12.0 Å². The molecular weight excluding hydrogens is 264 g/mol. The standard InChI is InChI=1S/C17H26N2O2/c1-12(2)10-18-11-14-5-4-6-16(9-14)21-13(3)17(20)19-15-7-8-15/h4-6,9,12-13,15,18H,7-8,10-11H2,1-3H3,(H,19,20). The molecule has 0 saturated heterocycles. The third-order valence-corrected chi connectivity index (χ3v) is 3.39. The predicted molar refractivity (Wildman–Crippen MR) is 84.2 cm³/mol. The van der Waals surface area contributed by atoms with Gasteiger partial charge in [-0.3, -0.25) is 4.79 Å². The van der Waals surface area contributed by atoms with Gasteiger partial charge in [-0.2, -0.15) is 0 Å². The zero-order valence-electron chi connectivity index (χ0n) is 13.2. The van der Waals surface area contributed by atoms with Crippen LogP contribution in [0.1, 0.15) is 39.2 Å². The smallest absolute Gasteiger partial charge is 0.260 e. The molecule has 4 heteroatoms. The lowest BCUT2D eigenvalue weighted by Crippen LogP contribution is -2.37. The third-order valence-electron chi connectivity index (χ3n) is 3.39. The highest BCUT2D eigenvalue weighted by molar-refractivity contribution is 5.81. The zero-order chi connectivity index (χ0) is 15.2. The highest BCUT2D eigenvalue weighted by atomic mass is 16.5. The number of hydrogen-bond donors (Lipinski definition) is 2. The average molecular weight is 290 g/mol. The summed E-state index contributed by atoms with van der Waals surface area (Å²) in [6.07, 6.45) is 1.73. The Kier molecular flexibility index (Phi) is 5.62. The van der Waals surface area contributed by atoms with E-state index in [1.165, 1.54) is 5.56 Å².